The second kappa shape index (κ2) is 11.7. The smallest absolute Gasteiger partial charge is 0.191 e. The Morgan fingerprint density at radius 3 is 2.76 bits per heavy atom. The van der Waals surface area contributed by atoms with Gasteiger partial charge in [-0.2, -0.15) is 0 Å². The number of aliphatic hydroxyl groups excluding tert-OH is 1. The first-order chi connectivity index (χ1) is 9.65. The van der Waals surface area contributed by atoms with Crippen molar-refractivity contribution in [3.05, 3.63) is 35.6 Å². The summed E-state index contributed by atoms with van der Waals surface area (Å²) in [6.45, 7) is 6.11. The zero-order valence-corrected chi connectivity index (χ0v) is 14.9. The number of aliphatic hydroxyl groups is 1. The van der Waals surface area contributed by atoms with Crippen LogP contribution < -0.4 is 10.6 Å². The molecule has 0 bridgehead atoms. The standard InChI is InChI=1S/C15H24FN3O.HI/c1-3-17-15(19-10-12(2)11-20)18-8-7-13-5-4-6-14(16)9-13;/h4-6,9,12,20H,3,7-8,10-11H2,1-2H3,(H2,17,18,19);1H. The lowest BCUT2D eigenvalue weighted by molar-refractivity contribution is 0.241. The van der Waals surface area contributed by atoms with Crippen LogP contribution in [-0.2, 0) is 6.42 Å². The Bertz CT molecular complexity index is 429. The average molecular weight is 409 g/mol. The summed E-state index contributed by atoms with van der Waals surface area (Å²) in [6.07, 6.45) is 0.734. The molecule has 1 rings (SSSR count). The van der Waals surface area contributed by atoms with Gasteiger partial charge in [0.05, 0.1) is 0 Å². The SMILES string of the molecule is CCNC(=NCC(C)CO)NCCc1cccc(F)c1.I. The number of nitrogens with one attached hydrogen (secondary N) is 2. The quantitative estimate of drug-likeness (QED) is 0.368. The predicted molar refractivity (Wildman–Crippen MR) is 95.8 cm³/mol. The number of nitrogens with zero attached hydrogens (tertiary/aromatic N) is 1. The van der Waals surface area contributed by atoms with E-state index in [9.17, 15) is 4.39 Å². The number of guanidine groups is 1. The molecule has 1 unspecified atom stereocenters. The van der Waals surface area contributed by atoms with Crippen molar-refractivity contribution in [1.82, 2.24) is 10.6 Å². The number of benzene rings is 1. The second-order valence-electron chi connectivity index (χ2n) is 4.81. The Labute approximate surface area is 143 Å². The summed E-state index contributed by atoms with van der Waals surface area (Å²) in [5, 5.41) is 15.3. The molecule has 1 aromatic rings. The highest BCUT2D eigenvalue weighted by atomic mass is 127. The van der Waals surface area contributed by atoms with Crippen molar-refractivity contribution in [3.63, 3.8) is 0 Å². The van der Waals surface area contributed by atoms with Crippen LogP contribution in [0.1, 0.15) is 19.4 Å². The Morgan fingerprint density at radius 1 is 1.38 bits per heavy atom. The van der Waals surface area contributed by atoms with Crippen LogP contribution in [0.4, 0.5) is 4.39 Å². The molecule has 0 radical (unpaired) electrons. The van der Waals surface area contributed by atoms with Gasteiger partial charge < -0.3 is 15.7 Å². The monoisotopic (exact) mass is 409 g/mol. The molecule has 0 aromatic heterocycles. The third kappa shape index (κ3) is 8.87. The van der Waals surface area contributed by atoms with Gasteiger partial charge in [0.15, 0.2) is 5.96 Å². The van der Waals surface area contributed by atoms with Gasteiger partial charge in [-0.15, -0.1) is 24.0 Å². The third-order valence-electron chi connectivity index (χ3n) is 2.81. The van der Waals surface area contributed by atoms with Crippen molar-refractivity contribution in [3.8, 4) is 0 Å². The van der Waals surface area contributed by atoms with Crippen molar-refractivity contribution < 1.29 is 9.50 Å². The molecule has 3 N–H and O–H groups in total. The molecular formula is C15H25FIN3O. The number of rotatable bonds is 7. The van der Waals surface area contributed by atoms with Gasteiger partial charge in [0, 0.05) is 26.2 Å². The van der Waals surface area contributed by atoms with Crippen LogP contribution in [0, 0.1) is 11.7 Å². The molecule has 6 heteroatoms. The van der Waals surface area contributed by atoms with E-state index in [1.54, 1.807) is 12.1 Å². The van der Waals surface area contributed by atoms with Crippen molar-refractivity contribution >= 4 is 29.9 Å². The van der Waals surface area contributed by atoms with Gasteiger partial charge in [-0.3, -0.25) is 4.99 Å². The van der Waals surface area contributed by atoms with E-state index in [2.05, 4.69) is 15.6 Å². The van der Waals surface area contributed by atoms with Crippen LogP contribution >= 0.6 is 24.0 Å². The first kappa shape index (κ1) is 20.1. The van der Waals surface area contributed by atoms with Crippen molar-refractivity contribution in [1.29, 1.82) is 0 Å². The molecule has 0 heterocycles. The summed E-state index contributed by atoms with van der Waals surface area (Å²) in [6, 6.07) is 6.61. The summed E-state index contributed by atoms with van der Waals surface area (Å²) in [4.78, 5) is 4.39. The highest BCUT2D eigenvalue weighted by Crippen LogP contribution is 2.03. The molecule has 0 saturated carbocycles. The fourth-order valence-electron chi connectivity index (χ4n) is 1.66. The molecule has 1 atom stereocenters. The minimum Gasteiger partial charge on any atom is -0.396 e. The summed E-state index contributed by atoms with van der Waals surface area (Å²) < 4.78 is 13.0. The highest BCUT2D eigenvalue weighted by Gasteiger charge is 2.01. The molecule has 4 nitrogen and oxygen atoms in total. The second-order valence-corrected chi connectivity index (χ2v) is 4.81. The maximum absolute atomic E-state index is 13.0. The molecule has 0 aliphatic rings. The number of halogens is 2. The van der Waals surface area contributed by atoms with Gasteiger partial charge >= 0.3 is 0 Å². The van der Waals surface area contributed by atoms with E-state index < -0.39 is 0 Å². The Balaban J connectivity index is 0.00000400. The predicted octanol–water partition coefficient (Wildman–Crippen LogP) is 2.17. The molecule has 0 fully saturated rings. The molecule has 0 aliphatic carbocycles. The third-order valence-corrected chi connectivity index (χ3v) is 2.81. The lowest BCUT2D eigenvalue weighted by Gasteiger charge is -2.12. The van der Waals surface area contributed by atoms with Gasteiger partial charge in [0.1, 0.15) is 5.82 Å². The molecule has 1 aromatic carbocycles. The van der Waals surface area contributed by atoms with Gasteiger partial charge in [-0.1, -0.05) is 19.1 Å². The molecular weight excluding hydrogens is 384 g/mol. The van der Waals surface area contributed by atoms with Crippen LogP contribution in [0.3, 0.4) is 0 Å². The lowest BCUT2D eigenvalue weighted by atomic mass is 10.1. The first-order valence-electron chi connectivity index (χ1n) is 7.03. The minimum absolute atomic E-state index is 0. The van der Waals surface area contributed by atoms with Crippen LogP contribution in [-0.4, -0.2) is 37.3 Å². The maximum atomic E-state index is 13.0. The van der Waals surface area contributed by atoms with E-state index in [1.165, 1.54) is 6.07 Å². The van der Waals surface area contributed by atoms with E-state index in [0.717, 1.165) is 24.5 Å². The maximum Gasteiger partial charge on any atom is 0.191 e. The minimum atomic E-state index is -0.208. The summed E-state index contributed by atoms with van der Waals surface area (Å²) in [7, 11) is 0. The van der Waals surface area contributed by atoms with Crippen molar-refractivity contribution in [2.75, 3.05) is 26.2 Å². The highest BCUT2D eigenvalue weighted by molar-refractivity contribution is 14.0. The topological polar surface area (TPSA) is 56.7 Å². The van der Waals surface area contributed by atoms with E-state index in [0.29, 0.717) is 13.1 Å². The summed E-state index contributed by atoms with van der Waals surface area (Å²) in [5.74, 6) is 0.665. The van der Waals surface area contributed by atoms with Crippen molar-refractivity contribution in [2.24, 2.45) is 10.9 Å². The van der Waals surface area contributed by atoms with Gasteiger partial charge in [-0.05, 0) is 37.0 Å². The van der Waals surface area contributed by atoms with E-state index in [1.807, 2.05) is 19.9 Å². The van der Waals surface area contributed by atoms with E-state index in [4.69, 9.17) is 5.11 Å². The summed E-state index contributed by atoms with van der Waals surface area (Å²) >= 11 is 0. The van der Waals surface area contributed by atoms with E-state index >= 15 is 0 Å². The average Bonchev–Trinajstić information content (AvgIpc) is 2.44. The number of hydrogen-bond acceptors (Lipinski definition) is 2. The van der Waals surface area contributed by atoms with Gasteiger partial charge in [0.2, 0.25) is 0 Å². The van der Waals surface area contributed by atoms with Crippen LogP contribution in [0.5, 0.6) is 0 Å². The Hall–Kier alpha value is -0.890. The number of hydrogen-bond donors (Lipinski definition) is 3. The van der Waals surface area contributed by atoms with E-state index in [-0.39, 0.29) is 42.3 Å². The van der Waals surface area contributed by atoms with Crippen LogP contribution in [0.15, 0.2) is 29.3 Å². The fraction of sp³-hybridized carbons (Fsp3) is 0.533. The molecule has 0 aliphatic heterocycles. The zero-order valence-electron chi connectivity index (χ0n) is 12.6. The Kier molecular flexibility index (Phi) is 11.2. The van der Waals surface area contributed by atoms with Crippen molar-refractivity contribution in [2.45, 2.75) is 20.3 Å². The summed E-state index contributed by atoms with van der Waals surface area (Å²) in [5.41, 5.74) is 0.956. The van der Waals surface area contributed by atoms with Gasteiger partial charge in [0.25, 0.3) is 0 Å². The molecule has 0 amide bonds. The lowest BCUT2D eigenvalue weighted by Crippen LogP contribution is -2.38. The first-order valence-corrected chi connectivity index (χ1v) is 7.03. The molecule has 120 valence electrons. The molecule has 21 heavy (non-hydrogen) atoms. The van der Waals surface area contributed by atoms with Crippen LogP contribution in [0.2, 0.25) is 0 Å². The normalized spacial score (nSPS) is 12.5. The van der Waals surface area contributed by atoms with Crippen LogP contribution in [0.25, 0.3) is 0 Å². The zero-order chi connectivity index (χ0) is 14.8. The fourth-order valence-corrected chi connectivity index (χ4v) is 1.66. The molecule has 0 spiro atoms. The largest absolute Gasteiger partial charge is 0.396 e. The molecule has 0 saturated heterocycles. The number of aliphatic imine (C=N–C) groups is 1. The van der Waals surface area contributed by atoms with Gasteiger partial charge in [-0.25, -0.2) is 4.39 Å². The Morgan fingerprint density at radius 2 is 2.14 bits per heavy atom.